The topological polar surface area (TPSA) is 70.2 Å². The van der Waals surface area contributed by atoms with E-state index in [-0.39, 0.29) is 23.4 Å². The van der Waals surface area contributed by atoms with E-state index in [0.29, 0.717) is 38.3 Å². The summed E-state index contributed by atoms with van der Waals surface area (Å²) in [6.45, 7) is 8.13. The molecule has 1 amide bonds. The van der Waals surface area contributed by atoms with Gasteiger partial charge in [-0.25, -0.2) is 12.8 Å². The van der Waals surface area contributed by atoms with Gasteiger partial charge in [0.1, 0.15) is 5.82 Å². The molecule has 0 N–H and O–H groups in total. The number of aryl methyl sites for hydroxylation is 1. The summed E-state index contributed by atoms with van der Waals surface area (Å²) < 4.78 is 46.3. The van der Waals surface area contributed by atoms with Crippen LogP contribution in [0.5, 0.6) is 0 Å². The molecular weight excluding hydrogens is 385 g/mol. The molecule has 0 bridgehead atoms. The van der Waals surface area contributed by atoms with Crippen LogP contribution < -0.4 is 0 Å². The number of carbonyl (C=O) groups is 1. The van der Waals surface area contributed by atoms with Crippen LogP contribution in [0.1, 0.15) is 18.9 Å². The standard InChI is InChI=1S/C19H28FN3O4S/c1-15-3-4-17(20)13-19(15)28(25,26)22-6-5-18(14-22)23(16(2)24)8-7-21-9-11-27-12-10-21/h3-4,13,18H,5-12,14H2,1-2H3/t18-/m0/s1. The predicted molar refractivity (Wildman–Crippen MR) is 103 cm³/mol. The van der Waals surface area contributed by atoms with E-state index in [1.165, 1.54) is 23.4 Å². The Morgan fingerprint density at radius 1 is 1.29 bits per heavy atom. The van der Waals surface area contributed by atoms with Crippen LogP contribution in [-0.2, 0) is 19.6 Å². The minimum Gasteiger partial charge on any atom is -0.379 e. The minimum atomic E-state index is -3.79. The molecule has 2 aliphatic heterocycles. The van der Waals surface area contributed by atoms with Crippen LogP contribution in [0.25, 0.3) is 0 Å². The second kappa shape index (κ2) is 8.86. The molecule has 0 spiro atoms. The average molecular weight is 414 g/mol. The lowest BCUT2D eigenvalue weighted by atomic mass is 10.2. The Bertz CT molecular complexity index is 811. The van der Waals surface area contributed by atoms with Crippen molar-refractivity contribution >= 4 is 15.9 Å². The maximum absolute atomic E-state index is 13.6. The molecule has 2 saturated heterocycles. The SMILES string of the molecule is CC(=O)N(CCN1CCOCC1)[C@H]1CCN(S(=O)(=O)c2cc(F)ccc2C)C1. The molecule has 1 aromatic rings. The summed E-state index contributed by atoms with van der Waals surface area (Å²) in [4.78, 5) is 16.2. The fourth-order valence-electron chi connectivity index (χ4n) is 3.85. The highest BCUT2D eigenvalue weighted by molar-refractivity contribution is 7.89. The van der Waals surface area contributed by atoms with Crippen molar-refractivity contribution in [2.45, 2.75) is 31.2 Å². The van der Waals surface area contributed by atoms with Crippen LogP contribution in [0.3, 0.4) is 0 Å². The maximum Gasteiger partial charge on any atom is 0.243 e. The quantitative estimate of drug-likeness (QED) is 0.698. The van der Waals surface area contributed by atoms with Crippen LogP contribution in [-0.4, -0.2) is 87.0 Å². The number of hydrogen-bond donors (Lipinski definition) is 0. The van der Waals surface area contributed by atoms with Gasteiger partial charge in [0.2, 0.25) is 15.9 Å². The summed E-state index contributed by atoms with van der Waals surface area (Å²) in [6.07, 6.45) is 0.580. The molecule has 156 valence electrons. The van der Waals surface area contributed by atoms with Crippen molar-refractivity contribution in [2.24, 2.45) is 0 Å². The number of ether oxygens (including phenoxy) is 1. The number of benzene rings is 1. The first-order chi connectivity index (χ1) is 13.3. The third-order valence-corrected chi connectivity index (χ3v) is 7.51. The highest BCUT2D eigenvalue weighted by Gasteiger charge is 2.37. The van der Waals surface area contributed by atoms with Gasteiger partial charge < -0.3 is 9.64 Å². The van der Waals surface area contributed by atoms with Crippen LogP contribution in [0, 0.1) is 12.7 Å². The highest BCUT2D eigenvalue weighted by atomic mass is 32.2. The van der Waals surface area contributed by atoms with Crippen molar-refractivity contribution in [1.82, 2.24) is 14.1 Å². The van der Waals surface area contributed by atoms with Gasteiger partial charge in [-0.3, -0.25) is 9.69 Å². The number of sulfonamides is 1. The summed E-state index contributed by atoms with van der Waals surface area (Å²) in [5, 5.41) is 0. The molecule has 7 nitrogen and oxygen atoms in total. The summed E-state index contributed by atoms with van der Waals surface area (Å²) in [7, 11) is -3.79. The molecule has 1 aromatic carbocycles. The van der Waals surface area contributed by atoms with E-state index >= 15 is 0 Å². The van der Waals surface area contributed by atoms with Gasteiger partial charge in [0.05, 0.1) is 18.1 Å². The van der Waals surface area contributed by atoms with Gasteiger partial charge in [0, 0.05) is 52.2 Å². The van der Waals surface area contributed by atoms with Gasteiger partial charge >= 0.3 is 0 Å². The maximum atomic E-state index is 13.6. The fraction of sp³-hybridized carbons (Fsp3) is 0.632. The number of nitrogens with zero attached hydrogens (tertiary/aromatic N) is 3. The molecule has 0 unspecified atom stereocenters. The zero-order valence-corrected chi connectivity index (χ0v) is 17.3. The molecule has 0 aromatic heterocycles. The number of carbonyl (C=O) groups excluding carboxylic acids is 1. The molecule has 0 radical (unpaired) electrons. The zero-order chi connectivity index (χ0) is 20.3. The van der Waals surface area contributed by atoms with Crippen molar-refractivity contribution in [2.75, 3.05) is 52.5 Å². The Hall–Kier alpha value is -1.55. The molecule has 0 aliphatic carbocycles. The lowest BCUT2D eigenvalue weighted by molar-refractivity contribution is -0.131. The smallest absolute Gasteiger partial charge is 0.243 e. The molecule has 3 rings (SSSR count). The molecule has 2 aliphatic rings. The lowest BCUT2D eigenvalue weighted by Gasteiger charge is -2.32. The normalized spacial score (nSPS) is 21.8. The predicted octanol–water partition coefficient (Wildman–Crippen LogP) is 1.08. The molecular formula is C19H28FN3O4S. The molecule has 9 heteroatoms. The zero-order valence-electron chi connectivity index (χ0n) is 16.4. The van der Waals surface area contributed by atoms with Gasteiger partial charge in [0.15, 0.2) is 0 Å². The van der Waals surface area contributed by atoms with Crippen molar-refractivity contribution in [3.8, 4) is 0 Å². The first-order valence-electron chi connectivity index (χ1n) is 9.62. The Kier molecular flexibility index (Phi) is 6.69. The Morgan fingerprint density at radius 3 is 2.68 bits per heavy atom. The van der Waals surface area contributed by atoms with Gasteiger partial charge in [-0.15, -0.1) is 0 Å². The first kappa shape index (κ1) is 21.2. The molecule has 0 saturated carbocycles. The minimum absolute atomic E-state index is 0.00385. The van der Waals surface area contributed by atoms with Crippen LogP contribution in [0.15, 0.2) is 23.1 Å². The third-order valence-electron chi connectivity index (χ3n) is 5.50. The van der Waals surface area contributed by atoms with Gasteiger partial charge in [0.25, 0.3) is 0 Å². The molecule has 28 heavy (non-hydrogen) atoms. The second-order valence-electron chi connectivity index (χ2n) is 7.38. The van der Waals surface area contributed by atoms with E-state index in [9.17, 15) is 17.6 Å². The summed E-state index contributed by atoms with van der Waals surface area (Å²) in [5.74, 6) is -0.629. The molecule has 2 heterocycles. The Morgan fingerprint density at radius 2 is 2.00 bits per heavy atom. The first-order valence-corrected chi connectivity index (χ1v) is 11.1. The monoisotopic (exact) mass is 413 g/mol. The van der Waals surface area contributed by atoms with Gasteiger partial charge in [-0.1, -0.05) is 6.07 Å². The Balaban J connectivity index is 1.67. The van der Waals surface area contributed by atoms with E-state index < -0.39 is 15.8 Å². The average Bonchev–Trinajstić information content (AvgIpc) is 3.15. The van der Waals surface area contributed by atoms with Crippen molar-refractivity contribution < 1.29 is 22.3 Å². The lowest BCUT2D eigenvalue weighted by Crippen LogP contribution is -2.47. The van der Waals surface area contributed by atoms with Crippen molar-refractivity contribution in [3.05, 3.63) is 29.6 Å². The Labute approximate surface area is 166 Å². The van der Waals surface area contributed by atoms with Crippen molar-refractivity contribution in [1.29, 1.82) is 0 Å². The molecule has 1 atom stereocenters. The van der Waals surface area contributed by atoms with E-state index in [4.69, 9.17) is 4.74 Å². The number of hydrogen-bond acceptors (Lipinski definition) is 5. The van der Waals surface area contributed by atoms with Crippen LogP contribution in [0.2, 0.25) is 0 Å². The fourth-order valence-corrected chi connectivity index (χ4v) is 5.57. The third kappa shape index (κ3) is 4.71. The summed E-state index contributed by atoms with van der Waals surface area (Å²) in [6, 6.07) is 3.63. The largest absolute Gasteiger partial charge is 0.379 e. The van der Waals surface area contributed by atoms with E-state index in [0.717, 1.165) is 25.7 Å². The van der Waals surface area contributed by atoms with Crippen molar-refractivity contribution in [3.63, 3.8) is 0 Å². The van der Waals surface area contributed by atoms with Gasteiger partial charge in [-0.05, 0) is 31.0 Å². The number of rotatable bonds is 6. The number of halogens is 1. The molecule has 2 fully saturated rings. The number of morpholine rings is 1. The summed E-state index contributed by atoms with van der Waals surface area (Å²) >= 11 is 0. The summed E-state index contributed by atoms with van der Waals surface area (Å²) in [5.41, 5.74) is 0.514. The van der Waals surface area contributed by atoms with Crippen LogP contribution >= 0.6 is 0 Å². The van der Waals surface area contributed by atoms with E-state index in [1.54, 1.807) is 11.8 Å². The second-order valence-corrected chi connectivity index (χ2v) is 9.29. The highest BCUT2D eigenvalue weighted by Crippen LogP contribution is 2.26. The number of amides is 1. The van der Waals surface area contributed by atoms with Crippen LogP contribution in [0.4, 0.5) is 4.39 Å². The van der Waals surface area contributed by atoms with E-state index in [1.807, 2.05) is 0 Å². The van der Waals surface area contributed by atoms with E-state index in [2.05, 4.69) is 4.90 Å². The van der Waals surface area contributed by atoms with Gasteiger partial charge in [-0.2, -0.15) is 4.31 Å².